The van der Waals surface area contributed by atoms with Crippen molar-refractivity contribution < 1.29 is 33.3 Å². The molecule has 3 heterocycles. The second-order valence-electron chi connectivity index (χ2n) is 13.1. The Balaban J connectivity index is 1.37. The molecular weight excluding hydrogens is 574 g/mol. The summed E-state index contributed by atoms with van der Waals surface area (Å²) in [5, 5.41) is 3.91. The highest BCUT2D eigenvalue weighted by Gasteiger charge is 2.46. The second kappa shape index (κ2) is 14.3. The number of hydrogen-bond donors (Lipinski definition) is 1. The number of nitrogens with one attached hydrogen (secondary N) is 1. The summed E-state index contributed by atoms with van der Waals surface area (Å²) in [5.74, 6) is 0.798. The first-order chi connectivity index (χ1) is 22.0. The van der Waals surface area contributed by atoms with E-state index in [1.807, 2.05) is 31.2 Å². The van der Waals surface area contributed by atoms with Gasteiger partial charge in [0.1, 0.15) is 30.0 Å². The van der Waals surface area contributed by atoms with Gasteiger partial charge in [-0.2, -0.15) is 0 Å². The molecular formula is C35H47N3O7. The van der Waals surface area contributed by atoms with E-state index in [0.717, 1.165) is 99.3 Å². The third kappa shape index (κ3) is 6.84. The SMILES string of the molecule is CCOc1c2c(nc3ccccc13)O[C@@H]1C[C@@H](C(=O)OC)N(C1)C(=O)[C@H](C1CCCC1)NC(=O)O[C@@H]1CCC[C@H]1CCCCC2. The second-order valence-corrected chi connectivity index (χ2v) is 13.1. The fourth-order valence-corrected chi connectivity index (χ4v) is 7.99. The van der Waals surface area contributed by atoms with Gasteiger partial charge in [-0.05, 0) is 82.3 Å². The zero-order valence-corrected chi connectivity index (χ0v) is 26.6. The minimum absolute atomic E-state index is 0.0178. The van der Waals surface area contributed by atoms with Crippen LogP contribution in [0.1, 0.15) is 89.5 Å². The van der Waals surface area contributed by atoms with E-state index in [-0.39, 0.29) is 30.9 Å². The number of amides is 2. The van der Waals surface area contributed by atoms with Crippen molar-refractivity contribution >= 4 is 28.9 Å². The van der Waals surface area contributed by atoms with E-state index < -0.39 is 30.3 Å². The molecule has 1 aromatic carbocycles. The van der Waals surface area contributed by atoms with Crippen LogP contribution in [0.25, 0.3) is 10.9 Å². The largest absolute Gasteiger partial charge is 0.493 e. The Kier molecular flexibility index (Phi) is 9.95. The van der Waals surface area contributed by atoms with Gasteiger partial charge in [0.2, 0.25) is 11.8 Å². The summed E-state index contributed by atoms with van der Waals surface area (Å²) in [7, 11) is 1.33. The highest BCUT2D eigenvalue weighted by Crippen LogP contribution is 2.39. The monoisotopic (exact) mass is 621 g/mol. The van der Waals surface area contributed by atoms with E-state index in [1.54, 1.807) is 4.90 Å². The number of nitrogens with zero attached hydrogens (tertiary/aromatic N) is 2. The molecule has 0 unspecified atom stereocenters. The van der Waals surface area contributed by atoms with Crippen LogP contribution in [0.5, 0.6) is 11.6 Å². The summed E-state index contributed by atoms with van der Waals surface area (Å²) < 4.78 is 24.0. The fraction of sp³-hybridized carbons (Fsp3) is 0.657. The number of aromatic nitrogens is 1. The van der Waals surface area contributed by atoms with Crippen LogP contribution in [0.3, 0.4) is 0 Å². The number of esters is 1. The molecule has 4 aliphatic rings. The Morgan fingerprint density at radius 1 is 0.978 bits per heavy atom. The molecule has 10 nitrogen and oxygen atoms in total. The van der Waals surface area contributed by atoms with E-state index >= 15 is 0 Å². The van der Waals surface area contributed by atoms with Gasteiger partial charge in [0.15, 0.2) is 0 Å². The summed E-state index contributed by atoms with van der Waals surface area (Å²) in [4.78, 5) is 47.2. The van der Waals surface area contributed by atoms with Gasteiger partial charge in [0.05, 0.1) is 31.3 Å². The van der Waals surface area contributed by atoms with Gasteiger partial charge >= 0.3 is 12.1 Å². The number of carbonyl (C=O) groups is 3. The molecule has 0 spiro atoms. The Morgan fingerprint density at radius 2 is 1.73 bits per heavy atom. The first-order valence-corrected chi connectivity index (χ1v) is 17.0. The van der Waals surface area contributed by atoms with E-state index in [0.29, 0.717) is 18.4 Å². The number of benzene rings is 1. The van der Waals surface area contributed by atoms with Crippen LogP contribution in [0, 0.1) is 11.8 Å². The summed E-state index contributed by atoms with van der Waals surface area (Å²) in [6, 6.07) is 6.31. The lowest BCUT2D eigenvalue weighted by Gasteiger charge is -2.31. The Labute approximate surface area is 265 Å². The number of para-hydroxylation sites is 1. The lowest BCUT2D eigenvalue weighted by molar-refractivity contribution is -0.152. The lowest BCUT2D eigenvalue weighted by Crippen LogP contribution is -2.55. The van der Waals surface area contributed by atoms with Crippen LogP contribution < -0.4 is 14.8 Å². The van der Waals surface area contributed by atoms with E-state index in [9.17, 15) is 14.4 Å². The molecule has 2 saturated carbocycles. The number of fused-ring (bicyclic) bond motifs is 5. The normalized spacial score (nSPS) is 28.3. The molecule has 1 N–H and O–H groups in total. The molecule has 2 amide bonds. The molecule has 10 heteroatoms. The maximum atomic E-state index is 14.3. The number of hydrogen-bond acceptors (Lipinski definition) is 8. The van der Waals surface area contributed by atoms with Crippen LogP contribution in [-0.4, -0.2) is 72.4 Å². The minimum Gasteiger partial charge on any atom is -0.493 e. The summed E-state index contributed by atoms with van der Waals surface area (Å²) in [6.45, 7) is 2.67. The van der Waals surface area contributed by atoms with Crippen LogP contribution in [0.2, 0.25) is 0 Å². The molecule has 5 atom stereocenters. The molecule has 1 aromatic heterocycles. The molecule has 3 fully saturated rings. The third-order valence-corrected chi connectivity index (χ3v) is 10.2. The Bertz CT molecular complexity index is 1380. The first-order valence-electron chi connectivity index (χ1n) is 17.0. The zero-order chi connectivity index (χ0) is 31.3. The maximum absolute atomic E-state index is 14.3. The number of carbonyl (C=O) groups excluding carboxylic acids is 3. The van der Waals surface area contributed by atoms with Gasteiger partial charge < -0.3 is 29.2 Å². The Morgan fingerprint density at radius 3 is 2.53 bits per heavy atom. The maximum Gasteiger partial charge on any atom is 0.408 e. The van der Waals surface area contributed by atoms with Crippen LogP contribution >= 0.6 is 0 Å². The lowest BCUT2D eigenvalue weighted by atomic mass is 9.96. The number of rotatable bonds is 4. The standard InChI is InChI=1S/C35H47N3O7/c1-3-43-31-25-16-9-10-18-27(25)36-32-26(31)17-6-4-5-12-22-15-11-19-29(22)45-35(41)37-30(23-13-7-8-14-23)33(39)38-21-24(44-32)20-28(38)34(40)42-2/h9-10,16,18,22-24,28-30H,3-8,11-15,17,19-21H2,1-2H3,(H,37,41)/t22-,24-,28+,29-,30+/m1/s1. The van der Waals surface area contributed by atoms with E-state index in [4.69, 9.17) is 23.9 Å². The van der Waals surface area contributed by atoms with E-state index in [2.05, 4.69) is 5.32 Å². The van der Waals surface area contributed by atoms with Crippen molar-refractivity contribution in [1.82, 2.24) is 15.2 Å². The van der Waals surface area contributed by atoms with Crippen molar-refractivity contribution in [3.63, 3.8) is 0 Å². The number of ether oxygens (including phenoxy) is 4. The van der Waals surface area contributed by atoms with Crippen LogP contribution in [0.15, 0.2) is 24.3 Å². The van der Waals surface area contributed by atoms with Gasteiger partial charge in [-0.1, -0.05) is 37.8 Å². The van der Waals surface area contributed by atoms with Gasteiger partial charge in [-0.3, -0.25) is 4.79 Å². The van der Waals surface area contributed by atoms with Crippen molar-refractivity contribution in [2.45, 2.75) is 115 Å². The van der Waals surface area contributed by atoms with Gasteiger partial charge in [0, 0.05) is 11.8 Å². The topological polar surface area (TPSA) is 116 Å². The van der Waals surface area contributed by atoms with Gasteiger partial charge in [0.25, 0.3) is 0 Å². The van der Waals surface area contributed by atoms with Crippen molar-refractivity contribution in [3.8, 4) is 11.6 Å². The molecule has 0 radical (unpaired) electrons. The van der Waals surface area contributed by atoms with E-state index in [1.165, 1.54) is 7.11 Å². The highest BCUT2D eigenvalue weighted by atomic mass is 16.6. The first kappa shape index (κ1) is 31.4. The molecule has 2 bridgehead atoms. The van der Waals surface area contributed by atoms with Crippen LogP contribution in [-0.2, 0) is 25.5 Å². The average molecular weight is 622 g/mol. The molecule has 2 aliphatic heterocycles. The van der Waals surface area contributed by atoms with Gasteiger partial charge in [-0.15, -0.1) is 0 Å². The molecule has 2 aromatic rings. The van der Waals surface area contributed by atoms with Crippen molar-refractivity contribution in [1.29, 1.82) is 0 Å². The zero-order valence-electron chi connectivity index (χ0n) is 26.6. The fourth-order valence-electron chi connectivity index (χ4n) is 7.99. The third-order valence-electron chi connectivity index (χ3n) is 10.2. The van der Waals surface area contributed by atoms with Crippen LogP contribution in [0.4, 0.5) is 4.79 Å². The minimum atomic E-state index is -0.828. The van der Waals surface area contributed by atoms with Gasteiger partial charge in [-0.25, -0.2) is 14.6 Å². The van der Waals surface area contributed by atoms with Crippen molar-refractivity contribution in [3.05, 3.63) is 29.8 Å². The van der Waals surface area contributed by atoms with Crippen molar-refractivity contribution in [2.75, 3.05) is 20.3 Å². The number of alkyl carbamates (subject to hydrolysis) is 1. The molecule has 45 heavy (non-hydrogen) atoms. The smallest absolute Gasteiger partial charge is 0.408 e. The van der Waals surface area contributed by atoms with Crippen molar-refractivity contribution in [2.24, 2.45) is 11.8 Å². The molecule has 1 saturated heterocycles. The summed E-state index contributed by atoms with van der Waals surface area (Å²) >= 11 is 0. The predicted molar refractivity (Wildman–Crippen MR) is 168 cm³/mol. The number of methoxy groups -OCH3 is 1. The number of pyridine rings is 1. The Hall–Kier alpha value is -3.56. The average Bonchev–Trinajstić information content (AvgIpc) is 3.82. The predicted octanol–water partition coefficient (Wildman–Crippen LogP) is 5.73. The molecule has 6 rings (SSSR count). The molecule has 244 valence electrons. The highest BCUT2D eigenvalue weighted by molar-refractivity contribution is 5.91. The summed E-state index contributed by atoms with van der Waals surface area (Å²) in [6.07, 6.45) is 10.4. The molecule has 2 aliphatic carbocycles. The summed E-state index contributed by atoms with van der Waals surface area (Å²) in [5.41, 5.74) is 1.70. The quantitative estimate of drug-likeness (QED) is 0.431.